The highest BCUT2D eigenvalue weighted by Gasteiger charge is 2.30. The smallest absolute Gasteiger partial charge is 0.410 e. The summed E-state index contributed by atoms with van der Waals surface area (Å²) in [5, 5.41) is 3.79. The number of ether oxygens (including phenoxy) is 1. The first-order valence-electron chi connectivity index (χ1n) is 7.70. The highest BCUT2D eigenvalue weighted by molar-refractivity contribution is 6.29. The summed E-state index contributed by atoms with van der Waals surface area (Å²) in [4.78, 5) is 18.2. The molecule has 1 aliphatic heterocycles. The molecule has 22 heavy (non-hydrogen) atoms. The number of carbonyl (C=O) groups is 1. The van der Waals surface area contributed by atoms with Crippen molar-refractivity contribution in [1.29, 1.82) is 0 Å². The Labute approximate surface area is 137 Å². The SMILES string of the molecule is CC(C)(C)OC(=O)N1CCCC[C@H]1CNc1ccc(Cl)nc1. The number of aromatic nitrogens is 1. The fourth-order valence-electron chi connectivity index (χ4n) is 2.49. The number of hydrogen-bond acceptors (Lipinski definition) is 4. The van der Waals surface area contributed by atoms with E-state index in [0.717, 1.165) is 31.5 Å². The van der Waals surface area contributed by atoms with Gasteiger partial charge in [-0.05, 0) is 52.2 Å². The molecule has 1 amide bonds. The maximum atomic E-state index is 12.3. The zero-order valence-corrected chi connectivity index (χ0v) is 14.2. The van der Waals surface area contributed by atoms with E-state index in [4.69, 9.17) is 16.3 Å². The lowest BCUT2D eigenvalue weighted by Gasteiger charge is -2.37. The maximum absolute atomic E-state index is 12.3. The van der Waals surface area contributed by atoms with Crippen LogP contribution in [0, 0.1) is 0 Å². The van der Waals surface area contributed by atoms with Crippen molar-refractivity contribution in [3.63, 3.8) is 0 Å². The first-order valence-corrected chi connectivity index (χ1v) is 8.08. The van der Waals surface area contributed by atoms with Gasteiger partial charge < -0.3 is 15.0 Å². The summed E-state index contributed by atoms with van der Waals surface area (Å²) in [5.41, 5.74) is 0.436. The number of carbonyl (C=O) groups excluding carboxylic acids is 1. The van der Waals surface area contributed by atoms with Crippen LogP contribution in [0.15, 0.2) is 18.3 Å². The zero-order valence-electron chi connectivity index (χ0n) is 13.4. The predicted molar refractivity (Wildman–Crippen MR) is 88.3 cm³/mol. The lowest BCUT2D eigenvalue weighted by Crippen LogP contribution is -2.48. The Kier molecular flexibility index (Phi) is 5.51. The predicted octanol–water partition coefficient (Wildman–Crippen LogP) is 3.94. The Morgan fingerprint density at radius 2 is 2.23 bits per heavy atom. The number of nitrogens with zero attached hydrogens (tertiary/aromatic N) is 2. The summed E-state index contributed by atoms with van der Waals surface area (Å²) in [5.74, 6) is 0. The highest BCUT2D eigenvalue weighted by Crippen LogP contribution is 2.21. The van der Waals surface area contributed by atoms with Gasteiger partial charge in [0, 0.05) is 13.1 Å². The molecule has 122 valence electrons. The average Bonchev–Trinajstić information content (AvgIpc) is 2.45. The van der Waals surface area contributed by atoms with Crippen LogP contribution in [0.25, 0.3) is 0 Å². The van der Waals surface area contributed by atoms with Crippen molar-refractivity contribution in [2.45, 2.75) is 51.7 Å². The van der Waals surface area contributed by atoms with E-state index in [1.54, 1.807) is 12.3 Å². The maximum Gasteiger partial charge on any atom is 0.410 e. The molecule has 1 aromatic rings. The van der Waals surface area contributed by atoms with Crippen LogP contribution in [-0.4, -0.2) is 40.7 Å². The molecule has 1 saturated heterocycles. The van der Waals surface area contributed by atoms with Gasteiger partial charge in [-0.2, -0.15) is 0 Å². The van der Waals surface area contributed by atoms with E-state index in [-0.39, 0.29) is 12.1 Å². The third-order valence-corrected chi connectivity index (χ3v) is 3.75. The van der Waals surface area contributed by atoms with E-state index in [1.807, 2.05) is 31.7 Å². The van der Waals surface area contributed by atoms with Gasteiger partial charge in [0.05, 0.1) is 17.9 Å². The molecule has 0 bridgehead atoms. The van der Waals surface area contributed by atoms with E-state index >= 15 is 0 Å². The molecule has 1 aromatic heterocycles. The van der Waals surface area contributed by atoms with E-state index < -0.39 is 5.60 Å². The van der Waals surface area contributed by atoms with Crippen molar-refractivity contribution in [2.75, 3.05) is 18.4 Å². The van der Waals surface area contributed by atoms with E-state index in [2.05, 4.69) is 10.3 Å². The number of halogens is 1. The van der Waals surface area contributed by atoms with Crippen molar-refractivity contribution in [1.82, 2.24) is 9.88 Å². The molecule has 1 N–H and O–H groups in total. The fourth-order valence-corrected chi connectivity index (χ4v) is 2.60. The van der Waals surface area contributed by atoms with Crippen LogP contribution in [0.2, 0.25) is 5.15 Å². The Balaban J connectivity index is 1.94. The molecule has 0 spiro atoms. The number of hydrogen-bond donors (Lipinski definition) is 1. The minimum atomic E-state index is -0.466. The molecule has 6 heteroatoms. The molecule has 5 nitrogen and oxygen atoms in total. The van der Waals surface area contributed by atoms with Crippen molar-refractivity contribution in [2.24, 2.45) is 0 Å². The third-order valence-electron chi connectivity index (χ3n) is 3.52. The molecule has 1 aliphatic rings. The molecular weight excluding hydrogens is 302 g/mol. The second-order valence-electron chi connectivity index (χ2n) is 6.57. The van der Waals surface area contributed by atoms with E-state index in [1.165, 1.54) is 0 Å². The fraction of sp³-hybridized carbons (Fsp3) is 0.625. The van der Waals surface area contributed by atoms with Gasteiger partial charge in [0.2, 0.25) is 0 Å². The van der Waals surface area contributed by atoms with Gasteiger partial charge >= 0.3 is 6.09 Å². The van der Waals surface area contributed by atoms with Gasteiger partial charge in [-0.25, -0.2) is 9.78 Å². The van der Waals surface area contributed by atoms with Crippen molar-refractivity contribution in [3.05, 3.63) is 23.5 Å². The molecule has 0 aromatic carbocycles. The summed E-state index contributed by atoms with van der Waals surface area (Å²) in [6.07, 6.45) is 4.60. The van der Waals surface area contributed by atoms with Crippen LogP contribution >= 0.6 is 11.6 Å². The van der Waals surface area contributed by atoms with Crippen LogP contribution in [0.3, 0.4) is 0 Å². The minimum absolute atomic E-state index is 0.138. The summed E-state index contributed by atoms with van der Waals surface area (Å²) in [6.45, 7) is 7.10. The Morgan fingerprint density at radius 3 is 2.86 bits per heavy atom. The van der Waals surface area contributed by atoms with Gasteiger partial charge in [-0.3, -0.25) is 0 Å². The third kappa shape index (κ3) is 5.05. The number of piperidine rings is 1. The summed E-state index contributed by atoms with van der Waals surface area (Å²) in [6, 6.07) is 3.77. The number of nitrogens with one attached hydrogen (secondary N) is 1. The van der Waals surface area contributed by atoms with Gasteiger partial charge in [0.25, 0.3) is 0 Å². The number of rotatable bonds is 3. The summed E-state index contributed by atoms with van der Waals surface area (Å²) >= 11 is 5.78. The molecule has 2 heterocycles. The quantitative estimate of drug-likeness (QED) is 0.855. The molecule has 0 radical (unpaired) electrons. The first kappa shape index (κ1) is 16.9. The molecule has 0 unspecified atom stereocenters. The first-order chi connectivity index (χ1) is 10.3. The van der Waals surface area contributed by atoms with Crippen LogP contribution in [0.1, 0.15) is 40.0 Å². The Hall–Kier alpha value is -1.49. The molecule has 0 saturated carbocycles. The summed E-state index contributed by atoms with van der Waals surface area (Å²) in [7, 11) is 0. The second-order valence-corrected chi connectivity index (χ2v) is 6.96. The zero-order chi connectivity index (χ0) is 16.2. The van der Waals surface area contributed by atoms with Crippen LogP contribution < -0.4 is 5.32 Å². The number of amides is 1. The van der Waals surface area contributed by atoms with Crippen molar-refractivity contribution in [3.8, 4) is 0 Å². The Morgan fingerprint density at radius 1 is 1.45 bits per heavy atom. The van der Waals surface area contributed by atoms with Gasteiger partial charge in [0.1, 0.15) is 10.8 Å². The largest absolute Gasteiger partial charge is 0.444 e. The molecule has 1 fully saturated rings. The number of pyridine rings is 1. The van der Waals surface area contributed by atoms with Crippen molar-refractivity contribution < 1.29 is 9.53 Å². The van der Waals surface area contributed by atoms with E-state index in [0.29, 0.717) is 11.7 Å². The van der Waals surface area contributed by atoms with Crippen LogP contribution in [-0.2, 0) is 4.74 Å². The van der Waals surface area contributed by atoms with Gasteiger partial charge in [-0.1, -0.05) is 11.6 Å². The monoisotopic (exact) mass is 325 g/mol. The van der Waals surface area contributed by atoms with Crippen LogP contribution in [0.5, 0.6) is 0 Å². The minimum Gasteiger partial charge on any atom is -0.444 e. The lowest BCUT2D eigenvalue weighted by molar-refractivity contribution is 0.0114. The lowest BCUT2D eigenvalue weighted by atomic mass is 10.0. The second kappa shape index (κ2) is 7.18. The molecule has 1 atom stereocenters. The van der Waals surface area contributed by atoms with Crippen molar-refractivity contribution >= 4 is 23.4 Å². The highest BCUT2D eigenvalue weighted by atomic mass is 35.5. The number of likely N-dealkylation sites (tertiary alicyclic amines) is 1. The van der Waals surface area contributed by atoms with Gasteiger partial charge in [0.15, 0.2) is 0 Å². The topological polar surface area (TPSA) is 54.5 Å². The van der Waals surface area contributed by atoms with Crippen LogP contribution in [0.4, 0.5) is 10.5 Å². The molecule has 0 aliphatic carbocycles. The summed E-state index contributed by atoms with van der Waals surface area (Å²) < 4.78 is 5.50. The normalized spacial score (nSPS) is 18.9. The molecule has 2 rings (SSSR count). The average molecular weight is 326 g/mol. The molecular formula is C16H24ClN3O2. The standard InChI is InChI=1S/C16H24ClN3O2/c1-16(2,3)22-15(21)20-9-5-4-6-13(20)11-18-12-7-8-14(17)19-10-12/h7-8,10,13,18H,4-6,9,11H2,1-3H3/t13-/m0/s1. The Bertz CT molecular complexity index is 499. The number of anilines is 1. The van der Waals surface area contributed by atoms with E-state index in [9.17, 15) is 4.79 Å². The van der Waals surface area contributed by atoms with Gasteiger partial charge in [-0.15, -0.1) is 0 Å².